The number of likely N-dealkylation sites (tertiary alicyclic amines) is 1. The van der Waals surface area contributed by atoms with Gasteiger partial charge in [-0.15, -0.1) is 0 Å². The zero-order valence-electron chi connectivity index (χ0n) is 13.5. The normalized spacial score (nSPS) is 24.4. The summed E-state index contributed by atoms with van der Waals surface area (Å²) in [6.07, 6.45) is 2.41. The first-order chi connectivity index (χ1) is 11.0. The van der Waals surface area contributed by atoms with Crippen molar-refractivity contribution in [2.45, 2.75) is 45.3 Å². The Bertz CT molecular complexity index is 744. The molecule has 2 aliphatic heterocycles. The topological polar surface area (TPSA) is 84.3 Å². The van der Waals surface area contributed by atoms with E-state index in [0.29, 0.717) is 18.8 Å². The van der Waals surface area contributed by atoms with E-state index in [0.717, 1.165) is 28.9 Å². The maximum absolute atomic E-state index is 12.7. The van der Waals surface area contributed by atoms with E-state index in [4.69, 9.17) is 9.26 Å². The molecular formula is C16H20N4O3. The maximum atomic E-state index is 12.7. The highest BCUT2D eigenvalue weighted by atomic mass is 16.5. The number of fused-ring (bicyclic) bond motifs is 1. The summed E-state index contributed by atoms with van der Waals surface area (Å²) in [6, 6.07) is 0. The highest BCUT2D eigenvalue weighted by Gasteiger charge is 2.38. The van der Waals surface area contributed by atoms with Gasteiger partial charge in [-0.2, -0.15) is 5.10 Å². The van der Waals surface area contributed by atoms with Crippen LogP contribution in [0.4, 0.5) is 0 Å². The minimum atomic E-state index is -0.0512. The number of nitrogens with zero attached hydrogens (tertiary/aromatic N) is 3. The van der Waals surface area contributed by atoms with Gasteiger partial charge in [0.25, 0.3) is 5.91 Å². The molecule has 7 heteroatoms. The van der Waals surface area contributed by atoms with Crippen LogP contribution >= 0.6 is 0 Å². The second kappa shape index (κ2) is 5.19. The summed E-state index contributed by atoms with van der Waals surface area (Å²) >= 11 is 0. The van der Waals surface area contributed by atoms with Crippen molar-refractivity contribution >= 4 is 5.91 Å². The molecule has 2 aliphatic rings. The number of hydrogen-bond acceptors (Lipinski definition) is 5. The molecule has 1 N–H and O–H groups in total. The van der Waals surface area contributed by atoms with Gasteiger partial charge in [-0.3, -0.25) is 9.89 Å². The summed E-state index contributed by atoms with van der Waals surface area (Å²) in [5.74, 6) is 0.245. The second-order valence-corrected chi connectivity index (χ2v) is 6.55. The fourth-order valence-electron chi connectivity index (χ4n) is 3.51. The van der Waals surface area contributed by atoms with Crippen molar-refractivity contribution < 1.29 is 14.1 Å². The van der Waals surface area contributed by atoms with Gasteiger partial charge in [-0.05, 0) is 20.8 Å². The molecule has 2 aromatic heterocycles. The summed E-state index contributed by atoms with van der Waals surface area (Å²) in [5.41, 5.74) is 4.46. The SMILES string of the molecule is Cc1conc1C1CN(C(=O)c2n[nH]c3c2C[C@@H](C)O[C@H]3C)C1. The summed E-state index contributed by atoms with van der Waals surface area (Å²) in [7, 11) is 0. The number of H-pyrrole nitrogens is 1. The predicted octanol–water partition coefficient (Wildman–Crippen LogP) is 1.97. The lowest BCUT2D eigenvalue weighted by Gasteiger charge is -2.38. The van der Waals surface area contributed by atoms with E-state index < -0.39 is 0 Å². The van der Waals surface area contributed by atoms with Crippen LogP contribution in [0.1, 0.15) is 58.9 Å². The Morgan fingerprint density at radius 1 is 1.39 bits per heavy atom. The summed E-state index contributed by atoms with van der Waals surface area (Å²) < 4.78 is 10.8. The third-order valence-electron chi connectivity index (χ3n) is 4.78. The fraction of sp³-hybridized carbons (Fsp3) is 0.562. The highest BCUT2D eigenvalue weighted by Crippen LogP contribution is 2.33. The van der Waals surface area contributed by atoms with Gasteiger partial charge in [-0.1, -0.05) is 5.16 Å². The minimum Gasteiger partial charge on any atom is -0.369 e. The third-order valence-corrected chi connectivity index (χ3v) is 4.78. The van der Waals surface area contributed by atoms with Crippen LogP contribution in [0.15, 0.2) is 10.8 Å². The van der Waals surface area contributed by atoms with Crippen molar-refractivity contribution in [2.24, 2.45) is 0 Å². The lowest BCUT2D eigenvalue weighted by Crippen LogP contribution is -2.49. The van der Waals surface area contributed by atoms with E-state index in [1.807, 2.05) is 25.7 Å². The van der Waals surface area contributed by atoms with E-state index in [1.54, 1.807) is 6.26 Å². The van der Waals surface area contributed by atoms with Gasteiger partial charge in [0.05, 0.1) is 23.6 Å². The fourth-order valence-corrected chi connectivity index (χ4v) is 3.51. The van der Waals surface area contributed by atoms with E-state index >= 15 is 0 Å². The number of nitrogens with one attached hydrogen (secondary N) is 1. The van der Waals surface area contributed by atoms with Crippen LogP contribution in [0.3, 0.4) is 0 Å². The Morgan fingerprint density at radius 3 is 2.87 bits per heavy atom. The first kappa shape index (κ1) is 14.4. The predicted molar refractivity (Wildman–Crippen MR) is 81.1 cm³/mol. The van der Waals surface area contributed by atoms with Crippen molar-refractivity contribution in [2.75, 3.05) is 13.1 Å². The van der Waals surface area contributed by atoms with Gasteiger partial charge in [0.15, 0.2) is 5.69 Å². The monoisotopic (exact) mass is 316 g/mol. The molecule has 2 atom stereocenters. The molecule has 7 nitrogen and oxygen atoms in total. The zero-order valence-corrected chi connectivity index (χ0v) is 13.5. The largest absolute Gasteiger partial charge is 0.369 e. The summed E-state index contributed by atoms with van der Waals surface area (Å²) in [6.45, 7) is 7.30. The van der Waals surface area contributed by atoms with Gasteiger partial charge in [0.1, 0.15) is 6.26 Å². The Morgan fingerprint density at radius 2 is 2.17 bits per heavy atom. The van der Waals surface area contributed by atoms with Gasteiger partial charge >= 0.3 is 0 Å². The lowest BCUT2D eigenvalue weighted by atomic mass is 9.92. The average molecular weight is 316 g/mol. The van der Waals surface area contributed by atoms with Crippen LogP contribution in [0.25, 0.3) is 0 Å². The minimum absolute atomic E-state index is 0.0128. The number of aromatic amines is 1. The molecule has 122 valence electrons. The van der Waals surface area contributed by atoms with Crippen LogP contribution in [-0.4, -0.2) is 45.4 Å². The Hall–Kier alpha value is -2.15. The molecule has 0 unspecified atom stereocenters. The van der Waals surface area contributed by atoms with Crippen molar-refractivity contribution in [3.63, 3.8) is 0 Å². The maximum Gasteiger partial charge on any atom is 0.274 e. The molecule has 0 saturated carbocycles. The molecule has 4 rings (SSSR count). The Labute approximate surface area is 134 Å². The third kappa shape index (κ3) is 2.26. The molecule has 23 heavy (non-hydrogen) atoms. The lowest BCUT2D eigenvalue weighted by molar-refractivity contribution is -0.00706. The molecule has 1 fully saturated rings. The number of ether oxygens (including phenoxy) is 1. The Balaban J connectivity index is 1.50. The number of amides is 1. The Kier molecular flexibility index (Phi) is 3.26. The van der Waals surface area contributed by atoms with Crippen LogP contribution in [-0.2, 0) is 11.2 Å². The number of carbonyl (C=O) groups is 1. The van der Waals surface area contributed by atoms with E-state index in [-0.39, 0.29) is 24.0 Å². The molecule has 0 spiro atoms. The standard InChI is InChI=1S/C16H20N4O3/c1-8-7-22-19-13(8)11-5-20(6-11)16(21)15-12-4-9(2)23-10(3)14(12)17-18-15/h7,9-11H,4-6H2,1-3H3,(H,17,18)/t9-,10+/m1/s1. The molecule has 1 saturated heterocycles. The van der Waals surface area contributed by atoms with Crippen molar-refractivity contribution in [1.29, 1.82) is 0 Å². The first-order valence-electron chi connectivity index (χ1n) is 7.97. The van der Waals surface area contributed by atoms with Gasteiger partial charge < -0.3 is 14.2 Å². The quantitative estimate of drug-likeness (QED) is 0.915. The van der Waals surface area contributed by atoms with Crippen LogP contribution in [0.2, 0.25) is 0 Å². The number of rotatable bonds is 2. The number of hydrogen-bond donors (Lipinski definition) is 1. The van der Waals surface area contributed by atoms with Crippen LogP contribution in [0, 0.1) is 6.92 Å². The summed E-state index contributed by atoms with van der Waals surface area (Å²) in [5, 5.41) is 11.3. The smallest absolute Gasteiger partial charge is 0.274 e. The molecular weight excluding hydrogens is 296 g/mol. The van der Waals surface area contributed by atoms with E-state index in [2.05, 4.69) is 15.4 Å². The molecule has 0 radical (unpaired) electrons. The van der Waals surface area contributed by atoms with Gasteiger partial charge in [0.2, 0.25) is 0 Å². The molecule has 1 amide bonds. The molecule has 4 heterocycles. The average Bonchev–Trinajstić information content (AvgIpc) is 3.04. The van der Waals surface area contributed by atoms with Crippen molar-refractivity contribution in [3.8, 4) is 0 Å². The van der Waals surface area contributed by atoms with E-state index in [9.17, 15) is 4.79 Å². The number of aryl methyl sites for hydroxylation is 1. The summed E-state index contributed by atoms with van der Waals surface area (Å²) in [4.78, 5) is 14.6. The van der Waals surface area contributed by atoms with Crippen molar-refractivity contribution in [3.05, 3.63) is 34.5 Å². The van der Waals surface area contributed by atoms with Crippen molar-refractivity contribution in [1.82, 2.24) is 20.3 Å². The van der Waals surface area contributed by atoms with Crippen LogP contribution < -0.4 is 0 Å². The molecule has 0 bridgehead atoms. The number of aromatic nitrogens is 3. The first-order valence-corrected chi connectivity index (χ1v) is 7.97. The zero-order chi connectivity index (χ0) is 16.1. The van der Waals surface area contributed by atoms with Gasteiger partial charge in [0, 0.05) is 36.6 Å². The molecule has 0 aliphatic carbocycles. The van der Waals surface area contributed by atoms with Gasteiger partial charge in [-0.25, -0.2) is 0 Å². The second-order valence-electron chi connectivity index (χ2n) is 6.55. The number of carbonyl (C=O) groups excluding carboxylic acids is 1. The van der Waals surface area contributed by atoms with E-state index in [1.165, 1.54) is 0 Å². The highest BCUT2D eigenvalue weighted by molar-refractivity contribution is 5.94. The molecule has 2 aromatic rings. The van der Waals surface area contributed by atoms with Crippen LogP contribution in [0.5, 0.6) is 0 Å². The molecule has 0 aromatic carbocycles.